The van der Waals surface area contributed by atoms with E-state index in [1.807, 2.05) is 11.8 Å². The molecule has 1 saturated heterocycles. The minimum absolute atomic E-state index is 0.0288. The van der Waals surface area contributed by atoms with E-state index in [1.165, 1.54) is 12.1 Å². The first-order chi connectivity index (χ1) is 12.1. The van der Waals surface area contributed by atoms with Gasteiger partial charge in [-0.1, -0.05) is 6.07 Å². The van der Waals surface area contributed by atoms with E-state index in [4.69, 9.17) is 9.47 Å². The van der Waals surface area contributed by atoms with Crippen molar-refractivity contribution in [1.29, 1.82) is 0 Å². The summed E-state index contributed by atoms with van der Waals surface area (Å²) in [5, 5.41) is 4.42. The van der Waals surface area contributed by atoms with Gasteiger partial charge in [0.2, 0.25) is 0 Å². The Kier molecular flexibility index (Phi) is 4.17. The predicted molar refractivity (Wildman–Crippen MR) is 87.8 cm³/mol. The fraction of sp³-hybridized carbons (Fsp3) is 0.444. The lowest BCUT2D eigenvalue weighted by molar-refractivity contribution is -0.121. The Bertz CT molecular complexity index is 786. The fourth-order valence-electron chi connectivity index (χ4n) is 3.30. The highest BCUT2D eigenvalue weighted by Gasteiger charge is 2.33. The highest BCUT2D eigenvalue weighted by Crippen LogP contribution is 2.23. The summed E-state index contributed by atoms with van der Waals surface area (Å²) < 4.78 is 26.1. The van der Waals surface area contributed by atoms with Crippen molar-refractivity contribution in [2.45, 2.75) is 38.7 Å². The summed E-state index contributed by atoms with van der Waals surface area (Å²) in [7, 11) is 0. The van der Waals surface area contributed by atoms with Crippen LogP contribution in [-0.2, 0) is 17.9 Å². The van der Waals surface area contributed by atoms with Crippen molar-refractivity contribution >= 4 is 5.91 Å². The molecule has 6 nitrogen and oxygen atoms in total. The predicted octanol–water partition coefficient (Wildman–Crippen LogP) is 2.23. The maximum atomic E-state index is 13.2. The number of aromatic nitrogens is 2. The molecule has 2 aliphatic rings. The van der Waals surface area contributed by atoms with E-state index in [0.29, 0.717) is 42.9 Å². The molecule has 0 bridgehead atoms. The number of amides is 1. The van der Waals surface area contributed by atoms with Gasteiger partial charge >= 0.3 is 0 Å². The normalized spacial score (nSPS) is 22.5. The molecule has 1 fully saturated rings. The summed E-state index contributed by atoms with van der Waals surface area (Å²) in [6, 6.07) is 7.71. The van der Waals surface area contributed by atoms with E-state index in [2.05, 4.69) is 5.10 Å². The molecule has 1 amide bonds. The largest absolute Gasteiger partial charge is 0.487 e. The number of rotatable bonds is 5. The van der Waals surface area contributed by atoms with Gasteiger partial charge in [0.1, 0.15) is 29.6 Å². The average molecular weight is 345 g/mol. The van der Waals surface area contributed by atoms with Crippen LogP contribution in [0.2, 0.25) is 0 Å². The van der Waals surface area contributed by atoms with Crippen molar-refractivity contribution in [2.24, 2.45) is 0 Å². The molecule has 0 aliphatic carbocycles. The van der Waals surface area contributed by atoms with Crippen molar-refractivity contribution in [3.8, 4) is 5.75 Å². The summed E-state index contributed by atoms with van der Waals surface area (Å²) in [6.07, 6.45) is 1.43. The Hall–Kier alpha value is -2.41. The second-order valence-electron chi connectivity index (χ2n) is 6.55. The molecule has 0 radical (unpaired) electrons. The standard InChI is InChI=1S/C18H20FN3O3/c1-12-7-16(25-12)10-21-5-6-22-17(18(21)23)9-14(20-22)11-24-15-4-2-3-13(19)8-15/h2-4,8-9,12,16H,5-7,10-11H2,1H3. The number of hydrogen-bond acceptors (Lipinski definition) is 4. The van der Waals surface area contributed by atoms with Crippen LogP contribution in [-0.4, -0.2) is 45.9 Å². The molecular formula is C18H20FN3O3. The lowest BCUT2D eigenvalue weighted by atomic mass is 10.1. The van der Waals surface area contributed by atoms with Crippen molar-refractivity contribution in [2.75, 3.05) is 13.1 Å². The third-order valence-corrected chi connectivity index (χ3v) is 4.55. The van der Waals surface area contributed by atoms with E-state index in [1.54, 1.807) is 22.9 Å². The molecule has 2 aromatic rings. The lowest BCUT2D eigenvalue weighted by Crippen LogP contribution is -2.49. The molecule has 1 aromatic carbocycles. The van der Waals surface area contributed by atoms with E-state index < -0.39 is 0 Å². The molecule has 25 heavy (non-hydrogen) atoms. The third-order valence-electron chi connectivity index (χ3n) is 4.55. The summed E-state index contributed by atoms with van der Waals surface area (Å²) >= 11 is 0. The fourth-order valence-corrected chi connectivity index (χ4v) is 3.30. The van der Waals surface area contributed by atoms with Gasteiger partial charge in [-0.15, -0.1) is 0 Å². The molecule has 2 unspecified atom stereocenters. The molecule has 7 heteroatoms. The Morgan fingerprint density at radius 2 is 2.20 bits per heavy atom. The van der Waals surface area contributed by atoms with Crippen LogP contribution in [0.3, 0.4) is 0 Å². The SMILES string of the molecule is CC1CC(CN2CCn3nc(COc4cccc(F)c4)cc3C2=O)O1. The van der Waals surface area contributed by atoms with Gasteiger partial charge in [0.05, 0.1) is 18.8 Å². The monoisotopic (exact) mass is 345 g/mol. The number of benzene rings is 1. The number of ether oxygens (including phenoxy) is 2. The molecular weight excluding hydrogens is 325 g/mol. The van der Waals surface area contributed by atoms with Gasteiger partial charge < -0.3 is 14.4 Å². The summed E-state index contributed by atoms with van der Waals surface area (Å²) in [5.41, 5.74) is 1.22. The molecule has 1 aromatic heterocycles. The van der Waals surface area contributed by atoms with Crippen molar-refractivity contribution in [3.63, 3.8) is 0 Å². The van der Waals surface area contributed by atoms with Gasteiger partial charge in [0, 0.05) is 25.6 Å². The Morgan fingerprint density at radius 1 is 1.36 bits per heavy atom. The van der Waals surface area contributed by atoms with Crippen molar-refractivity contribution in [1.82, 2.24) is 14.7 Å². The highest BCUT2D eigenvalue weighted by molar-refractivity contribution is 5.93. The minimum atomic E-state index is -0.347. The lowest BCUT2D eigenvalue weighted by Gasteiger charge is -2.38. The molecule has 0 saturated carbocycles. The second kappa shape index (κ2) is 6.48. The van der Waals surface area contributed by atoms with Crippen LogP contribution in [0.25, 0.3) is 0 Å². The molecule has 3 heterocycles. The van der Waals surface area contributed by atoms with Crippen LogP contribution in [0.1, 0.15) is 29.5 Å². The molecule has 2 aliphatic heterocycles. The van der Waals surface area contributed by atoms with E-state index >= 15 is 0 Å². The summed E-state index contributed by atoms with van der Waals surface area (Å²) in [5.74, 6) is 0.0640. The Labute approximate surface area is 145 Å². The second-order valence-corrected chi connectivity index (χ2v) is 6.55. The smallest absolute Gasteiger partial charge is 0.272 e. The van der Waals surface area contributed by atoms with E-state index in [-0.39, 0.29) is 24.4 Å². The summed E-state index contributed by atoms with van der Waals surface area (Å²) in [6.45, 7) is 4.15. The van der Waals surface area contributed by atoms with Gasteiger partial charge in [-0.3, -0.25) is 9.48 Å². The topological polar surface area (TPSA) is 56.6 Å². The first kappa shape index (κ1) is 16.1. The van der Waals surface area contributed by atoms with Crippen molar-refractivity contribution < 1.29 is 18.7 Å². The number of carbonyl (C=O) groups excluding carboxylic acids is 1. The van der Waals surface area contributed by atoms with Crippen LogP contribution in [0.5, 0.6) is 5.75 Å². The zero-order valence-electron chi connectivity index (χ0n) is 14.0. The van der Waals surface area contributed by atoms with Crippen LogP contribution in [0.15, 0.2) is 30.3 Å². The number of halogens is 1. The first-order valence-electron chi connectivity index (χ1n) is 8.48. The zero-order valence-corrected chi connectivity index (χ0v) is 14.0. The van der Waals surface area contributed by atoms with E-state index in [9.17, 15) is 9.18 Å². The average Bonchev–Trinajstić information content (AvgIpc) is 2.98. The first-order valence-corrected chi connectivity index (χ1v) is 8.48. The zero-order chi connectivity index (χ0) is 17.4. The molecule has 0 spiro atoms. The van der Waals surface area contributed by atoms with Gasteiger partial charge in [-0.2, -0.15) is 5.10 Å². The summed E-state index contributed by atoms with van der Waals surface area (Å²) in [4.78, 5) is 14.4. The van der Waals surface area contributed by atoms with Crippen LogP contribution in [0.4, 0.5) is 4.39 Å². The quantitative estimate of drug-likeness (QED) is 0.834. The maximum Gasteiger partial charge on any atom is 0.272 e. The maximum absolute atomic E-state index is 13.2. The van der Waals surface area contributed by atoms with Gasteiger partial charge in [-0.25, -0.2) is 4.39 Å². The number of nitrogens with zero attached hydrogens (tertiary/aromatic N) is 3. The number of fused-ring (bicyclic) bond motifs is 1. The van der Waals surface area contributed by atoms with Crippen LogP contribution >= 0.6 is 0 Å². The molecule has 2 atom stereocenters. The highest BCUT2D eigenvalue weighted by atomic mass is 19.1. The Balaban J connectivity index is 1.40. The minimum Gasteiger partial charge on any atom is -0.487 e. The molecule has 132 valence electrons. The number of hydrogen-bond donors (Lipinski definition) is 0. The Morgan fingerprint density at radius 3 is 2.96 bits per heavy atom. The third kappa shape index (κ3) is 3.37. The van der Waals surface area contributed by atoms with Crippen LogP contribution in [0, 0.1) is 5.82 Å². The van der Waals surface area contributed by atoms with Crippen molar-refractivity contribution in [3.05, 3.63) is 47.5 Å². The molecule has 0 N–H and O–H groups in total. The number of carbonyl (C=O) groups is 1. The molecule has 4 rings (SSSR count). The van der Waals surface area contributed by atoms with Gasteiger partial charge in [0.25, 0.3) is 5.91 Å². The van der Waals surface area contributed by atoms with Crippen LogP contribution < -0.4 is 4.74 Å². The van der Waals surface area contributed by atoms with Gasteiger partial charge in [-0.05, 0) is 25.1 Å². The van der Waals surface area contributed by atoms with Gasteiger partial charge in [0.15, 0.2) is 0 Å². The van der Waals surface area contributed by atoms with E-state index in [0.717, 1.165) is 6.42 Å².